The Kier molecular flexibility index (Phi) is 5.30. The van der Waals surface area contributed by atoms with Gasteiger partial charge in [-0.1, -0.05) is 29.8 Å². The van der Waals surface area contributed by atoms with Crippen LogP contribution in [0.2, 0.25) is 0 Å². The molecule has 1 fully saturated rings. The van der Waals surface area contributed by atoms with Gasteiger partial charge in [0.25, 0.3) is 0 Å². The molecule has 0 unspecified atom stereocenters. The molecule has 0 radical (unpaired) electrons. The van der Waals surface area contributed by atoms with Crippen molar-refractivity contribution >= 4 is 5.91 Å². The Balaban J connectivity index is 1.43. The van der Waals surface area contributed by atoms with Crippen LogP contribution in [0.4, 0.5) is 0 Å². The van der Waals surface area contributed by atoms with Crippen molar-refractivity contribution in [1.82, 2.24) is 19.6 Å². The molecule has 128 valence electrons. The summed E-state index contributed by atoms with van der Waals surface area (Å²) in [7, 11) is 0. The molecule has 1 aliphatic heterocycles. The summed E-state index contributed by atoms with van der Waals surface area (Å²) in [5.41, 5.74) is 3.64. The summed E-state index contributed by atoms with van der Waals surface area (Å²) in [5.74, 6) is 0.235. The Labute approximate surface area is 143 Å². The van der Waals surface area contributed by atoms with E-state index >= 15 is 0 Å². The number of amides is 1. The van der Waals surface area contributed by atoms with E-state index in [9.17, 15) is 4.79 Å². The first-order chi connectivity index (χ1) is 11.6. The smallest absolute Gasteiger partial charge is 0.224 e. The normalized spacial score (nSPS) is 15.7. The summed E-state index contributed by atoms with van der Waals surface area (Å²) in [5, 5.41) is 4.33. The second kappa shape index (κ2) is 7.62. The third kappa shape index (κ3) is 4.45. The number of benzene rings is 1. The van der Waals surface area contributed by atoms with E-state index in [0.29, 0.717) is 13.0 Å². The van der Waals surface area contributed by atoms with Crippen molar-refractivity contribution in [3.05, 3.63) is 53.3 Å². The minimum absolute atomic E-state index is 0.235. The van der Waals surface area contributed by atoms with Crippen molar-refractivity contribution in [2.24, 2.45) is 0 Å². The van der Waals surface area contributed by atoms with Crippen molar-refractivity contribution in [2.45, 2.75) is 33.4 Å². The van der Waals surface area contributed by atoms with E-state index in [0.717, 1.165) is 38.4 Å². The van der Waals surface area contributed by atoms with E-state index in [1.165, 1.54) is 11.1 Å². The highest BCUT2D eigenvalue weighted by Crippen LogP contribution is 2.11. The van der Waals surface area contributed by atoms with Crippen molar-refractivity contribution in [3.63, 3.8) is 0 Å². The van der Waals surface area contributed by atoms with Crippen molar-refractivity contribution in [1.29, 1.82) is 0 Å². The molecule has 5 nitrogen and oxygen atoms in total. The molecular weight excluding hydrogens is 300 g/mol. The van der Waals surface area contributed by atoms with Crippen LogP contribution in [0.3, 0.4) is 0 Å². The molecule has 0 N–H and O–H groups in total. The third-order valence-electron chi connectivity index (χ3n) is 4.54. The van der Waals surface area contributed by atoms with Gasteiger partial charge in [0.2, 0.25) is 5.91 Å². The van der Waals surface area contributed by atoms with Crippen LogP contribution < -0.4 is 0 Å². The van der Waals surface area contributed by atoms with Gasteiger partial charge in [0.1, 0.15) is 0 Å². The maximum Gasteiger partial charge on any atom is 0.224 e. The predicted octanol–water partition coefficient (Wildman–Crippen LogP) is 2.23. The van der Waals surface area contributed by atoms with E-state index in [2.05, 4.69) is 41.2 Å². The third-order valence-corrected chi connectivity index (χ3v) is 4.54. The van der Waals surface area contributed by atoms with Gasteiger partial charge < -0.3 is 4.90 Å². The molecular formula is C19H26N4O. The summed E-state index contributed by atoms with van der Waals surface area (Å²) in [6.45, 7) is 9.26. The highest BCUT2D eigenvalue weighted by atomic mass is 16.2. The monoisotopic (exact) mass is 326 g/mol. The number of piperazine rings is 1. The lowest BCUT2D eigenvalue weighted by Crippen LogP contribution is -2.48. The number of hydrogen-bond acceptors (Lipinski definition) is 3. The topological polar surface area (TPSA) is 41.4 Å². The summed E-state index contributed by atoms with van der Waals surface area (Å²) in [6, 6.07) is 10.6. The summed E-state index contributed by atoms with van der Waals surface area (Å²) < 4.78 is 1.85. The molecule has 1 saturated heterocycles. The van der Waals surface area contributed by atoms with Gasteiger partial charge in [-0.3, -0.25) is 14.4 Å². The number of aromatic nitrogens is 2. The molecule has 5 heteroatoms. The van der Waals surface area contributed by atoms with Crippen LogP contribution >= 0.6 is 0 Å². The van der Waals surface area contributed by atoms with Crippen LogP contribution in [-0.2, 0) is 17.9 Å². The number of hydrogen-bond donors (Lipinski definition) is 0. The molecule has 1 aliphatic rings. The van der Waals surface area contributed by atoms with Gasteiger partial charge in [-0.15, -0.1) is 0 Å². The van der Waals surface area contributed by atoms with Crippen LogP contribution in [0.1, 0.15) is 23.2 Å². The molecule has 24 heavy (non-hydrogen) atoms. The maximum atomic E-state index is 12.4. The molecule has 0 atom stereocenters. The zero-order valence-corrected chi connectivity index (χ0v) is 14.6. The Morgan fingerprint density at radius 1 is 1.12 bits per heavy atom. The SMILES string of the molecule is Cc1cccc(CN2CCN(C(=O)CCn3ccc(C)n3)CC2)c1. The zero-order valence-electron chi connectivity index (χ0n) is 14.6. The summed E-state index contributed by atoms with van der Waals surface area (Å²) in [4.78, 5) is 16.8. The second-order valence-electron chi connectivity index (χ2n) is 6.62. The number of carbonyl (C=O) groups is 1. The maximum absolute atomic E-state index is 12.4. The second-order valence-corrected chi connectivity index (χ2v) is 6.62. The highest BCUT2D eigenvalue weighted by molar-refractivity contribution is 5.76. The lowest BCUT2D eigenvalue weighted by Gasteiger charge is -2.34. The van der Waals surface area contributed by atoms with Crippen LogP contribution in [-0.4, -0.2) is 51.7 Å². The molecule has 1 aromatic carbocycles. The Morgan fingerprint density at radius 3 is 2.58 bits per heavy atom. The van der Waals surface area contributed by atoms with E-state index in [-0.39, 0.29) is 5.91 Å². The van der Waals surface area contributed by atoms with Gasteiger partial charge in [-0.25, -0.2) is 0 Å². The fourth-order valence-electron chi connectivity index (χ4n) is 3.18. The number of carbonyl (C=O) groups excluding carboxylic acids is 1. The fourth-order valence-corrected chi connectivity index (χ4v) is 3.18. The van der Waals surface area contributed by atoms with E-state index in [4.69, 9.17) is 0 Å². The Hall–Kier alpha value is -2.14. The molecule has 0 spiro atoms. The molecule has 1 amide bonds. The van der Waals surface area contributed by atoms with Gasteiger partial charge in [0.15, 0.2) is 0 Å². The van der Waals surface area contributed by atoms with Crippen LogP contribution in [0, 0.1) is 13.8 Å². The van der Waals surface area contributed by atoms with Gasteiger partial charge in [0, 0.05) is 51.9 Å². The van der Waals surface area contributed by atoms with Gasteiger partial charge in [-0.05, 0) is 25.5 Å². The van der Waals surface area contributed by atoms with Crippen LogP contribution in [0.5, 0.6) is 0 Å². The lowest BCUT2D eigenvalue weighted by atomic mass is 10.1. The zero-order chi connectivity index (χ0) is 16.9. The predicted molar refractivity (Wildman–Crippen MR) is 94.6 cm³/mol. The van der Waals surface area contributed by atoms with E-state index in [1.807, 2.05) is 28.8 Å². The molecule has 3 rings (SSSR count). The van der Waals surface area contributed by atoms with Gasteiger partial charge in [0.05, 0.1) is 5.69 Å². The van der Waals surface area contributed by atoms with Gasteiger partial charge >= 0.3 is 0 Å². The molecule has 0 bridgehead atoms. The highest BCUT2D eigenvalue weighted by Gasteiger charge is 2.20. The Morgan fingerprint density at radius 2 is 1.92 bits per heavy atom. The molecule has 0 aliphatic carbocycles. The first kappa shape index (κ1) is 16.7. The molecule has 2 heterocycles. The minimum atomic E-state index is 0.235. The van der Waals surface area contributed by atoms with Crippen LogP contribution in [0.25, 0.3) is 0 Å². The fraction of sp³-hybridized carbons (Fsp3) is 0.474. The van der Waals surface area contributed by atoms with Gasteiger partial charge in [-0.2, -0.15) is 5.10 Å². The first-order valence-corrected chi connectivity index (χ1v) is 8.66. The average molecular weight is 326 g/mol. The van der Waals surface area contributed by atoms with Crippen molar-refractivity contribution in [3.8, 4) is 0 Å². The quantitative estimate of drug-likeness (QED) is 0.846. The van der Waals surface area contributed by atoms with E-state index in [1.54, 1.807) is 0 Å². The molecule has 2 aromatic rings. The summed E-state index contributed by atoms with van der Waals surface area (Å²) >= 11 is 0. The van der Waals surface area contributed by atoms with Crippen LogP contribution in [0.15, 0.2) is 36.5 Å². The Bertz CT molecular complexity index is 686. The molecule has 1 aromatic heterocycles. The standard InChI is InChI=1S/C19H26N4O/c1-16-4-3-5-18(14-16)15-21-10-12-22(13-11-21)19(24)7-9-23-8-6-17(2)20-23/h3-6,8,14H,7,9-13,15H2,1-2H3. The van der Waals surface area contributed by atoms with Crippen molar-refractivity contribution < 1.29 is 4.79 Å². The lowest BCUT2D eigenvalue weighted by molar-refractivity contribution is -0.133. The van der Waals surface area contributed by atoms with Crippen molar-refractivity contribution in [2.75, 3.05) is 26.2 Å². The molecule has 0 saturated carbocycles. The van der Waals surface area contributed by atoms with E-state index < -0.39 is 0 Å². The number of rotatable bonds is 5. The number of nitrogens with zero attached hydrogens (tertiary/aromatic N) is 4. The average Bonchev–Trinajstić information content (AvgIpc) is 2.99. The summed E-state index contributed by atoms with van der Waals surface area (Å²) in [6.07, 6.45) is 2.46. The number of aryl methyl sites for hydroxylation is 3. The largest absolute Gasteiger partial charge is 0.340 e. The first-order valence-electron chi connectivity index (χ1n) is 8.66. The minimum Gasteiger partial charge on any atom is -0.340 e.